The molecule has 0 aliphatic heterocycles. The van der Waals surface area contributed by atoms with Gasteiger partial charge in [0.1, 0.15) is 6.04 Å². The highest BCUT2D eigenvalue weighted by Crippen LogP contribution is 2.29. The van der Waals surface area contributed by atoms with Crippen molar-refractivity contribution in [1.29, 1.82) is 0 Å². The van der Waals surface area contributed by atoms with Crippen LogP contribution in [-0.4, -0.2) is 47.6 Å². The first-order chi connectivity index (χ1) is 9.49. The number of hydrogen-bond acceptors (Lipinski definition) is 3. The first kappa shape index (κ1) is 15.3. The van der Waals surface area contributed by atoms with E-state index in [1.165, 1.54) is 25.7 Å². The molecular formula is C15H26N2O3. The second-order valence-corrected chi connectivity index (χ2v) is 6.37. The first-order valence-electron chi connectivity index (χ1n) is 7.72. The van der Waals surface area contributed by atoms with Crippen molar-refractivity contribution < 1.29 is 14.7 Å². The molecule has 2 aliphatic rings. The lowest BCUT2D eigenvalue weighted by Crippen LogP contribution is -2.53. The van der Waals surface area contributed by atoms with Crippen LogP contribution in [0.3, 0.4) is 0 Å². The van der Waals surface area contributed by atoms with Crippen molar-refractivity contribution >= 4 is 11.8 Å². The van der Waals surface area contributed by atoms with Gasteiger partial charge in [-0.3, -0.25) is 9.59 Å². The van der Waals surface area contributed by atoms with E-state index in [0.717, 1.165) is 19.4 Å². The van der Waals surface area contributed by atoms with Crippen LogP contribution in [0.1, 0.15) is 45.4 Å². The van der Waals surface area contributed by atoms with Crippen molar-refractivity contribution in [2.75, 3.05) is 13.6 Å². The summed E-state index contributed by atoms with van der Waals surface area (Å²) in [6.45, 7) is 2.28. The van der Waals surface area contributed by atoms with Crippen molar-refractivity contribution in [3.05, 3.63) is 0 Å². The van der Waals surface area contributed by atoms with Crippen LogP contribution in [0.25, 0.3) is 0 Å². The summed E-state index contributed by atoms with van der Waals surface area (Å²) in [7, 11) is 1.76. The SMILES string of the molecule is CC(O)C(NC(=O)C1CC1)C(=O)N(C)CC1CCCC1. The summed E-state index contributed by atoms with van der Waals surface area (Å²) in [5.41, 5.74) is 0. The molecule has 5 nitrogen and oxygen atoms in total. The number of rotatable bonds is 6. The molecule has 5 heteroatoms. The van der Waals surface area contributed by atoms with E-state index in [0.29, 0.717) is 5.92 Å². The molecule has 2 N–H and O–H groups in total. The van der Waals surface area contributed by atoms with Gasteiger partial charge in [-0.25, -0.2) is 0 Å². The van der Waals surface area contributed by atoms with E-state index in [1.807, 2.05) is 0 Å². The highest BCUT2D eigenvalue weighted by Gasteiger charge is 2.35. The number of hydrogen-bond donors (Lipinski definition) is 2. The number of nitrogens with one attached hydrogen (secondary N) is 1. The van der Waals surface area contributed by atoms with Crippen LogP contribution < -0.4 is 5.32 Å². The fourth-order valence-corrected chi connectivity index (χ4v) is 2.91. The van der Waals surface area contributed by atoms with E-state index >= 15 is 0 Å². The second kappa shape index (κ2) is 6.57. The summed E-state index contributed by atoms with van der Waals surface area (Å²) in [6.07, 6.45) is 5.75. The Balaban J connectivity index is 1.88. The third-order valence-electron chi connectivity index (χ3n) is 4.38. The van der Waals surface area contributed by atoms with Crippen LogP contribution in [0.5, 0.6) is 0 Å². The summed E-state index contributed by atoms with van der Waals surface area (Å²) >= 11 is 0. The Morgan fingerprint density at radius 3 is 2.35 bits per heavy atom. The highest BCUT2D eigenvalue weighted by atomic mass is 16.3. The number of aliphatic hydroxyl groups is 1. The maximum atomic E-state index is 12.4. The minimum atomic E-state index is -0.865. The summed E-state index contributed by atoms with van der Waals surface area (Å²) in [6, 6.07) is -0.811. The molecule has 0 aromatic carbocycles. The van der Waals surface area contributed by atoms with E-state index in [9.17, 15) is 14.7 Å². The molecule has 2 atom stereocenters. The normalized spacial score (nSPS) is 22.4. The third-order valence-corrected chi connectivity index (χ3v) is 4.38. The van der Waals surface area contributed by atoms with Crippen LogP contribution in [0.2, 0.25) is 0 Å². The van der Waals surface area contributed by atoms with Gasteiger partial charge in [0, 0.05) is 19.5 Å². The Morgan fingerprint density at radius 1 is 1.25 bits per heavy atom. The monoisotopic (exact) mass is 282 g/mol. The maximum Gasteiger partial charge on any atom is 0.247 e. The van der Waals surface area contributed by atoms with Gasteiger partial charge in [0.2, 0.25) is 11.8 Å². The topological polar surface area (TPSA) is 69.6 Å². The zero-order chi connectivity index (χ0) is 14.7. The molecule has 20 heavy (non-hydrogen) atoms. The lowest BCUT2D eigenvalue weighted by atomic mass is 10.1. The van der Waals surface area contributed by atoms with E-state index in [4.69, 9.17) is 0 Å². The van der Waals surface area contributed by atoms with Crippen molar-refractivity contribution in [3.63, 3.8) is 0 Å². The molecule has 0 aromatic rings. The van der Waals surface area contributed by atoms with Crippen molar-refractivity contribution in [1.82, 2.24) is 10.2 Å². The molecule has 0 radical (unpaired) electrons. The van der Waals surface area contributed by atoms with Crippen molar-refractivity contribution in [3.8, 4) is 0 Å². The van der Waals surface area contributed by atoms with Crippen molar-refractivity contribution in [2.45, 2.75) is 57.6 Å². The van der Waals surface area contributed by atoms with E-state index in [1.54, 1.807) is 18.9 Å². The minimum absolute atomic E-state index is 0.0455. The molecule has 0 saturated heterocycles. The number of likely N-dealkylation sites (N-methyl/N-ethyl adjacent to an activating group) is 1. The van der Waals surface area contributed by atoms with Gasteiger partial charge in [0.15, 0.2) is 0 Å². The average molecular weight is 282 g/mol. The number of amides is 2. The zero-order valence-corrected chi connectivity index (χ0v) is 12.5. The maximum absolute atomic E-state index is 12.4. The summed E-state index contributed by atoms with van der Waals surface area (Å²) in [5.74, 6) is 0.335. The number of carbonyl (C=O) groups is 2. The van der Waals surface area contributed by atoms with Gasteiger partial charge in [-0.2, -0.15) is 0 Å². The summed E-state index contributed by atoms with van der Waals surface area (Å²) in [5, 5.41) is 12.5. The Bertz CT molecular complexity index is 360. The molecule has 0 heterocycles. The van der Waals surface area contributed by atoms with Crippen LogP contribution in [0.4, 0.5) is 0 Å². The molecular weight excluding hydrogens is 256 g/mol. The van der Waals surface area contributed by atoms with E-state index < -0.39 is 12.1 Å². The molecule has 2 unspecified atom stereocenters. The summed E-state index contributed by atoms with van der Waals surface area (Å²) in [4.78, 5) is 25.9. The van der Waals surface area contributed by atoms with Gasteiger partial charge in [-0.1, -0.05) is 12.8 Å². The Labute approximate surface area is 120 Å². The lowest BCUT2D eigenvalue weighted by molar-refractivity contribution is -0.139. The number of aliphatic hydroxyl groups excluding tert-OH is 1. The molecule has 2 rings (SSSR count). The predicted molar refractivity (Wildman–Crippen MR) is 75.9 cm³/mol. The van der Waals surface area contributed by atoms with Gasteiger partial charge >= 0.3 is 0 Å². The molecule has 0 aromatic heterocycles. The van der Waals surface area contributed by atoms with Crippen LogP contribution in [0, 0.1) is 11.8 Å². The molecule has 2 amide bonds. The largest absolute Gasteiger partial charge is 0.391 e. The molecule has 2 saturated carbocycles. The molecule has 0 spiro atoms. The van der Waals surface area contributed by atoms with Crippen LogP contribution in [0.15, 0.2) is 0 Å². The molecule has 2 aliphatic carbocycles. The molecule has 0 bridgehead atoms. The highest BCUT2D eigenvalue weighted by molar-refractivity contribution is 5.89. The van der Waals surface area contributed by atoms with E-state index in [2.05, 4.69) is 5.32 Å². The van der Waals surface area contributed by atoms with Crippen molar-refractivity contribution in [2.24, 2.45) is 11.8 Å². The zero-order valence-electron chi connectivity index (χ0n) is 12.5. The predicted octanol–water partition coefficient (Wildman–Crippen LogP) is 0.911. The minimum Gasteiger partial charge on any atom is -0.391 e. The Hall–Kier alpha value is -1.10. The van der Waals surface area contributed by atoms with E-state index in [-0.39, 0.29) is 17.7 Å². The van der Waals surface area contributed by atoms with Gasteiger partial charge in [0.25, 0.3) is 0 Å². The van der Waals surface area contributed by atoms with Gasteiger partial charge in [-0.05, 0) is 38.5 Å². The summed E-state index contributed by atoms with van der Waals surface area (Å²) < 4.78 is 0. The Kier molecular flexibility index (Phi) is 5.02. The standard InChI is InChI=1S/C15H26N2O3/c1-10(18)13(16-14(19)12-7-8-12)15(20)17(2)9-11-5-3-4-6-11/h10-13,18H,3-9H2,1-2H3,(H,16,19). The third kappa shape index (κ3) is 3.95. The van der Waals surface area contributed by atoms with Gasteiger partial charge < -0.3 is 15.3 Å². The van der Waals surface area contributed by atoms with Gasteiger partial charge in [0.05, 0.1) is 6.10 Å². The first-order valence-corrected chi connectivity index (χ1v) is 7.72. The fourth-order valence-electron chi connectivity index (χ4n) is 2.91. The van der Waals surface area contributed by atoms with Crippen LogP contribution >= 0.6 is 0 Å². The second-order valence-electron chi connectivity index (χ2n) is 6.37. The number of nitrogens with zero attached hydrogens (tertiary/aromatic N) is 1. The quantitative estimate of drug-likeness (QED) is 0.761. The van der Waals surface area contributed by atoms with Gasteiger partial charge in [-0.15, -0.1) is 0 Å². The average Bonchev–Trinajstić information content (AvgIpc) is 3.14. The van der Waals surface area contributed by atoms with Crippen LogP contribution in [-0.2, 0) is 9.59 Å². The lowest BCUT2D eigenvalue weighted by Gasteiger charge is -2.28. The smallest absolute Gasteiger partial charge is 0.247 e. The molecule has 2 fully saturated rings. The number of carbonyl (C=O) groups excluding carboxylic acids is 2. The molecule has 114 valence electrons. The Morgan fingerprint density at radius 2 is 1.85 bits per heavy atom. The fraction of sp³-hybridized carbons (Fsp3) is 0.867.